The largest absolute Gasteiger partial charge is 1.00 e. The topological polar surface area (TPSA) is 53.0 Å². The van der Waals surface area contributed by atoms with E-state index in [4.69, 9.17) is 0 Å². The molecule has 0 saturated heterocycles. The molecular weight excluding hydrogens is 197 g/mol. The summed E-state index contributed by atoms with van der Waals surface area (Å²) in [6.45, 7) is 3.79. The van der Waals surface area contributed by atoms with Crippen LogP contribution in [0.25, 0.3) is 10.9 Å². The van der Waals surface area contributed by atoms with Crippen molar-refractivity contribution in [3.63, 3.8) is 0 Å². The van der Waals surface area contributed by atoms with Gasteiger partial charge in [-0.3, -0.25) is 4.98 Å². The molecule has 1 aromatic heterocycles. The van der Waals surface area contributed by atoms with Gasteiger partial charge in [-0.15, -0.1) is 0 Å². The van der Waals surface area contributed by atoms with Crippen molar-refractivity contribution >= 4 is 16.9 Å². The van der Waals surface area contributed by atoms with Crippen molar-refractivity contribution < 1.29 is 28.8 Å². The third kappa shape index (κ3) is 2.11. The second-order valence-corrected chi connectivity index (χ2v) is 3.62. The molecule has 0 amide bonds. The van der Waals surface area contributed by atoms with Crippen molar-refractivity contribution in [3.8, 4) is 0 Å². The zero-order valence-corrected chi connectivity index (χ0v) is 9.57. The van der Waals surface area contributed by atoms with E-state index in [0.29, 0.717) is 5.52 Å². The van der Waals surface area contributed by atoms with E-state index in [0.717, 1.165) is 16.5 Å². The molecule has 16 heavy (non-hydrogen) atoms. The number of fused-ring (bicyclic) bond motifs is 1. The molecule has 2 aromatic rings. The summed E-state index contributed by atoms with van der Waals surface area (Å²) in [5.74, 6) is -1.18. The molecular formula is C12H10LiNO2. The Kier molecular flexibility index (Phi) is 3.74. The van der Waals surface area contributed by atoms with Gasteiger partial charge in [-0.2, -0.15) is 0 Å². The molecule has 0 unspecified atom stereocenters. The summed E-state index contributed by atoms with van der Waals surface area (Å²) in [5, 5.41) is 11.8. The number of benzene rings is 1. The fourth-order valence-electron chi connectivity index (χ4n) is 1.69. The number of carbonyl (C=O) groups is 1. The maximum Gasteiger partial charge on any atom is 1.00 e. The molecule has 76 valence electrons. The van der Waals surface area contributed by atoms with E-state index in [1.54, 1.807) is 12.3 Å². The number of carboxylic acids is 1. The molecule has 0 fully saturated rings. The van der Waals surface area contributed by atoms with E-state index < -0.39 is 5.97 Å². The smallest absolute Gasteiger partial charge is 0.545 e. The summed E-state index contributed by atoms with van der Waals surface area (Å²) in [6.07, 6.45) is 1.61. The first-order chi connectivity index (χ1) is 7.09. The number of aromatic carboxylic acids is 1. The summed E-state index contributed by atoms with van der Waals surface area (Å²) in [6, 6.07) is 5.38. The second-order valence-electron chi connectivity index (χ2n) is 3.62. The first-order valence-electron chi connectivity index (χ1n) is 4.67. The molecule has 0 aliphatic rings. The van der Waals surface area contributed by atoms with Crippen molar-refractivity contribution in [2.75, 3.05) is 0 Å². The zero-order valence-electron chi connectivity index (χ0n) is 9.57. The van der Waals surface area contributed by atoms with Crippen LogP contribution in [0.5, 0.6) is 0 Å². The molecule has 1 aromatic carbocycles. The maximum atomic E-state index is 10.9. The Labute approximate surface area is 106 Å². The number of hydrogen-bond acceptors (Lipinski definition) is 3. The van der Waals surface area contributed by atoms with E-state index in [-0.39, 0.29) is 24.4 Å². The van der Waals surface area contributed by atoms with Gasteiger partial charge in [0.2, 0.25) is 0 Å². The van der Waals surface area contributed by atoms with Crippen molar-refractivity contribution in [2.24, 2.45) is 0 Å². The van der Waals surface area contributed by atoms with Crippen molar-refractivity contribution in [2.45, 2.75) is 13.8 Å². The van der Waals surface area contributed by atoms with Gasteiger partial charge in [-0.25, -0.2) is 0 Å². The first-order valence-corrected chi connectivity index (χ1v) is 4.67. The van der Waals surface area contributed by atoms with E-state index in [2.05, 4.69) is 4.98 Å². The number of nitrogens with zero attached hydrogens (tertiary/aromatic N) is 1. The van der Waals surface area contributed by atoms with Gasteiger partial charge in [0.05, 0.1) is 11.5 Å². The Morgan fingerprint density at radius 3 is 2.62 bits per heavy atom. The normalized spacial score (nSPS) is 9.88. The first kappa shape index (κ1) is 12.8. The average molecular weight is 207 g/mol. The monoisotopic (exact) mass is 207 g/mol. The molecule has 0 bridgehead atoms. The van der Waals surface area contributed by atoms with Gasteiger partial charge in [0.1, 0.15) is 0 Å². The molecule has 0 aliphatic carbocycles. The van der Waals surface area contributed by atoms with Gasteiger partial charge in [-0.1, -0.05) is 0 Å². The van der Waals surface area contributed by atoms with Crippen molar-refractivity contribution in [1.29, 1.82) is 0 Å². The van der Waals surface area contributed by atoms with Crippen LogP contribution in [0.15, 0.2) is 24.4 Å². The number of carbonyl (C=O) groups excluding carboxylic acids is 1. The molecule has 3 nitrogen and oxygen atoms in total. The third-order valence-electron chi connectivity index (χ3n) is 2.43. The van der Waals surface area contributed by atoms with Gasteiger partial charge in [0, 0.05) is 17.1 Å². The van der Waals surface area contributed by atoms with Crippen LogP contribution in [0.3, 0.4) is 0 Å². The summed E-state index contributed by atoms with van der Waals surface area (Å²) >= 11 is 0. The van der Waals surface area contributed by atoms with Gasteiger partial charge in [-0.05, 0) is 43.2 Å². The molecule has 0 radical (unpaired) electrons. The Bertz CT molecular complexity index is 552. The zero-order chi connectivity index (χ0) is 11.0. The van der Waals surface area contributed by atoms with E-state index in [1.807, 2.05) is 26.0 Å². The van der Waals surface area contributed by atoms with Gasteiger partial charge in [0.25, 0.3) is 0 Å². The SMILES string of the molecule is Cc1cc(C(=O)[O-])c2nccc(C)c2c1.[Li+]. The van der Waals surface area contributed by atoms with Crippen LogP contribution in [0.1, 0.15) is 21.5 Å². The number of aryl methyl sites for hydroxylation is 2. The maximum absolute atomic E-state index is 10.9. The Morgan fingerprint density at radius 2 is 2.00 bits per heavy atom. The fraction of sp³-hybridized carbons (Fsp3) is 0.167. The van der Waals surface area contributed by atoms with Crippen LogP contribution in [0, 0.1) is 13.8 Å². The van der Waals surface area contributed by atoms with Crippen LogP contribution in [0.4, 0.5) is 0 Å². The molecule has 0 aliphatic heterocycles. The Balaban J connectivity index is 0.00000128. The van der Waals surface area contributed by atoms with Crippen LogP contribution < -0.4 is 24.0 Å². The Morgan fingerprint density at radius 1 is 1.31 bits per heavy atom. The van der Waals surface area contributed by atoms with Gasteiger partial charge >= 0.3 is 18.9 Å². The van der Waals surface area contributed by atoms with E-state index in [1.165, 1.54) is 0 Å². The number of aromatic nitrogens is 1. The minimum absolute atomic E-state index is 0. The molecule has 0 saturated carbocycles. The third-order valence-corrected chi connectivity index (χ3v) is 2.43. The average Bonchev–Trinajstić information content (AvgIpc) is 2.18. The predicted octanol–water partition coefficient (Wildman–Crippen LogP) is -1.78. The number of rotatable bonds is 1. The van der Waals surface area contributed by atoms with Crippen LogP contribution in [-0.4, -0.2) is 11.0 Å². The van der Waals surface area contributed by atoms with Gasteiger partial charge < -0.3 is 9.90 Å². The molecule has 0 spiro atoms. The summed E-state index contributed by atoms with van der Waals surface area (Å²) in [5.41, 5.74) is 2.58. The summed E-state index contributed by atoms with van der Waals surface area (Å²) < 4.78 is 0. The van der Waals surface area contributed by atoms with Crippen molar-refractivity contribution in [3.05, 3.63) is 41.1 Å². The fourth-order valence-corrected chi connectivity index (χ4v) is 1.69. The number of carboxylic acid groups (broad SMARTS) is 1. The van der Waals surface area contributed by atoms with Crippen LogP contribution >= 0.6 is 0 Å². The number of hydrogen-bond donors (Lipinski definition) is 0. The molecule has 4 heteroatoms. The molecule has 1 heterocycles. The predicted molar refractivity (Wildman–Crippen MR) is 55.5 cm³/mol. The standard InChI is InChI=1S/C12H11NO2.Li/c1-7-5-9-8(2)3-4-13-11(9)10(6-7)12(14)15;/h3-6H,1-2H3,(H,14,15);/q;+1/p-1. The number of pyridine rings is 1. The van der Waals surface area contributed by atoms with E-state index >= 15 is 0 Å². The summed E-state index contributed by atoms with van der Waals surface area (Å²) in [4.78, 5) is 15.0. The molecule has 0 atom stereocenters. The van der Waals surface area contributed by atoms with Crippen molar-refractivity contribution in [1.82, 2.24) is 4.98 Å². The minimum Gasteiger partial charge on any atom is -0.545 e. The molecule has 0 N–H and O–H groups in total. The molecule has 2 rings (SSSR count). The van der Waals surface area contributed by atoms with Gasteiger partial charge in [0.15, 0.2) is 0 Å². The summed E-state index contributed by atoms with van der Waals surface area (Å²) in [7, 11) is 0. The van der Waals surface area contributed by atoms with Crippen LogP contribution in [0.2, 0.25) is 0 Å². The minimum atomic E-state index is -1.18. The quantitative estimate of drug-likeness (QED) is 0.519. The van der Waals surface area contributed by atoms with E-state index in [9.17, 15) is 9.90 Å². The van der Waals surface area contributed by atoms with Crippen LogP contribution in [-0.2, 0) is 0 Å². The Hall–Kier alpha value is -1.30. The second kappa shape index (κ2) is 4.69.